The van der Waals surface area contributed by atoms with Gasteiger partial charge in [-0.05, 0) is 59.4 Å². The third kappa shape index (κ3) is 4.10. The number of carbonyl (C=O) groups excluding carboxylic acids is 2. The molecule has 1 fully saturated rings. The van der Waals surface area contributed by atoms with Crippen molar-refractivity contribution in [3.63, 3.8) is 0 Å². The number of amides is 1. The number of carbonyl (C=O) groups is 2. The summed E-state index contributed by atoms with van der Waals surface area (Å²) < 4.78 is 5.32. The van der Waals surface area contributed by atoms with Crippen molar-refractivity contribution < 1.29 is 19.4 Å². The Balaban J connectivity index is 1.92. The van der Waals surface area contributed by atoms with E-state index in [-0.39, 0.29) is 16.7 Å². The Bertz CT molecular complexity index is 1270. The normalized spacial score (nSPS) is 17.8. The van der Waals surface area contributed by atoms with E-state index in [4.69, 9.17) is 4.74 Å². The molecule has 0 spiro atoms. The number of para-hydroxylation sites is 1. The molecule has 4 rings (SSSR count). The van der Waals surface area contributed by atoms with Crippen molar-refractivity contribution >= 4 is 23.1 Å². The first-order chi connectivity index (χ1) is 16.1. The number of hydrogen-bond acceptors (Lipinski definition) is 4. The first-order valence-corrected chi connectivity index (χ1v) is 11.2. The van der Waals surface area contributed by atoms with Gasteiger partial charge in [-0.15, -0.1) is 0 Å². The number of hydrogen-bond donors (Lipinski definition) is 1. The summed E-state index contributed by atoms with van der Waals surface area (Å²) in [4.78, 5) is 28.0. The van der Waals surface area contributed by atoms with Gasteiger partial charge in [0.15, 0.2) is 0 Å². The number of rotatable bonds is 4. The molecule has 1 amide bonds. The van der Waals surface area contributed by atoms with Crippen LogP contribution in [0.15, 0.2) is 78.4 Å². The highest BCUT2D eigenvalue weighted by atomic mass is 16.5. The van der Waals surface area contributed by atoms with Crippen LogP contribution in [0.5, 0.6) is 5.75 Å². The van der Waals surface area contributed by atoms with Crippen molar-refractivity contribution in [1.29, 1.82) is 0 Å². The number of ether oxygens (including phenoxy) is 1. The van der Waals surface area contributed by atoms with Gasteiger partial charge < -0.3 is 9.84 Å². The molecule has 0 saturated carbocycles. The molecule has 5 heteroatoms. The van der Waals surface area contributed by atoms with Crippen LogP contribution in [0, 0.1) is 6.92 Å². The highest BCUT2D eigenvalue weighted by Gasteiger charge is 2.47. The summed E-state index contributed by atoms with van der Waals surface area (Å²) >= 11 is 0. The zero-order valence-corrected chi connectivity index (χ0v) is 20.1. The Labute approximate surface area is 200 Å². The number of methoxy groups -OCH3 is 1. The molecule has 0 radical (unpaired) electrons. The number of Topliss-reactive ketones (excluding diaryl/α,β-unsaturated/α-hetero) is 1. The number of benzene rings is 3. The van der Waals surface area contributed by atoms with E-state index in [1.54, 1.807) is 37.4 Å². The summed E-state index contributed by atoms with van der Waals surface area (Å²) in [7, 11) is 1.58. The molecule has 1 N–H and O–H groups in total. The van der Waals surface area contributed by atoms with E-state index in [9.17, 15) is 14.7 Å². The van der Waals surface area contributed by atoms with Crippen molar-refractivity contribution in [3.05, 3.63) is 101 Å². The number of aliphatic hydroxyl groups is 1. The maximum Gasteiger partial charge on any atom is 0.300 e. The molecule has 1 heterocycles. The number of anilines is 1. The largest absolute Gasteiger partial charge is 0.507 e. The fourth-order valence-corrected chi connectivity index (χ4v) is 4.35. The van der Waals surface area contributed by atoms with Gasteiger partial charge in [-0.25, -0.2) is 0 Å². The molecule has 174 valence electrons. The van der Waals surface area contributed by atoms with Gasteiger partial charge in [0, 0.05) is 11.3 Å². The Kier molecular flexibility index (Phi) is 6.05. The quantitative estimate of drug-likeness (QED) is 0.301. The second kappa shape index (κ2) is 8.82. The molecular weight excluding hydrogens is 426 g/mol. The molecule has 3 aromatic rings. The monoisotopic (exact) mass is 455 g/mol. The van der Waals surface area contributed by atoms with E-state index >= 15 is 0 Å². The Morgan fingerprint density at radius 2 is 1.59 bits per heavy atom. The Morgan fingerprint density at radius 1 is 0.941 bits per heavy atom. The van der Waals surface area contributed by atoms with E-state index in [0.29, 0.717) is 17.0 Å². The lowest BCUT2D eigenvalue weighted by atomic mass is 9.85. The van der Waals surface area contributed by atoms with Crippen LogP contribution < -0.4 is 9.64 Å². The molecule has 1 unspecified atom stereocenters. The van der Waals surface area contributed by atoms with Crippen LogP contribution in [0.1, 0.15) is 49.1 Å². The maximum atomic E-state index is 13.3. The Hall–Kier alpha value is -3.86. The van der Waals surface area contributed by atoms with Gasteiger partial charge in [-0.1, -0.05) is 63.2 Å². The van der Waals surface area contributed by atoms with Gasteiger partial charge >= 0.3 is 0 Å². The van der Waals surface area contributed by atoms with Crippen LogP contribution in [0.3, 0.4) is 0 Å². The first kappa shape index (κ1) is 23.3. The summed E-state index contributed by atoms with van der Waals surface area (Å²) in [6, 6.07) is 21.4. The van der Waals surface area contributed by atoms with E-state index in [0.717, 1.165) is 16.7 Å². The van der Waals surface area contributed by atoms with E-state index < -0.39 is 17.7 Å². The van der Waals surface area contributed by atoms with Crippen LogP contribution in [0.2, 0.25) is 0 Å². The lowest BCUT2D eigenvalue weighted by Crippen LogP contribution is -2.29. The second-order valence-corrected chi connectivity index (χ2v) is 9.56. The summed E-state index contributed by atoms with van der Waals surface area (Å²) in [5.74, 6) is -0.898. The van der Waals surface area contributed by atoms with Crippen LogP contribution in [0.25, 0.3) is 5.76 Å². The zero-order valence-electron chi connectivity index (χ0n) is 20.1. The standard InChI is InChI=1S/C29H29NO4/c1-18-17-20(13-16-23(18)34-5)26(31)24-25(19-11-14-21(15-12-19)29(2,3)4)30(28(33)27(24)32)22-9-7-6-8-10-22/h6-17,25,31H,1-5H3/b26-24-. The first-order valence-electron chi connectivity index (χ1n) is 11.2. The van der Waals surface area contributed by atoms with Crippen molar-refractivity contribution in [2.45, 2.75) is 39.2 Å². The smallest absolute Gasteiger partial charge is 0.300 e. The molecule has 1 atom stereocenters. The third-order valence-corrected chi connectivity index (χ3v) is 6.24. The van der Waals surface area contributed by atoms with E-state index in [2.05, 4.69) is 20.8 Å². The maximum absolute atomic E-state index is 13.3. The molecule has 0 bridgehead atoms. The lowest BCUT2D eigenvalue weighted by molar-refractivity contribution is -0.132. The fourth-order valence-electron chi connectivity index (χ4n) is 4.35. The number of nitrogens with zero attached hydrogens (tertiary/aromatic N) is 1. The summed E-state index contributed by atoms with van der Waals surface area (Å²) in [6.07, 6.45) is 0. The van der Waals surface area contributed by atoms with Crippen molar-refractivity contribution in [3.8, 4) is 5.75 Å². The van der Waals surface area contributed by atoms with Gasteiger partial charge in [0.05, 0.1) is 18.7 Å². The van der Waals surface area contributed by atoms with Crippen LogP contribution >= 0.6 is 0 Å². The highest BCUT2D eigenvalue weighted by molar-refractivity contribution is 6.51. The third-order valence-electron chi connectivity index (χ3n) is 6.24. The number of aryl methyl sites for hydroxylation is 1. The van der Waals surface area contributed by atoms with Crippen molar-refractivity contribution in [2.75, 3.05) is 12.0 Å². The van der Waals surface area contributed by atoms with Gasteiger partial charge in [0.1, 0.15) is 11.5 Å². The molecule has 34 heavy (non-hydrogen) atoms. The molecule has 5 nitrogen and oxygen atoms in total. The predicted molar refractivity (Wildman–Crippen MR) is 134 cm³/mol. The summed E-state index contributed by atoms with van der Waals surface area (Å²) in [5.41, 5.74) is 3.79. The van der Waals surface area contributed by atoms with Crippen LogP contribution in [-0.2, 0) is 15.0 Å². The molecular formula is C29H29NO4. The number of ketones is 1. The summed E-state index contributed by atoms with van der Waals surface area (Å²) in [6.45, 7) is 8.25. The molecule has 1 aliphatic heterocycles. The highest BCUT2D eigenvalue weighted by Crippen LogP contribution is 2.42. The topological polar surface area (TPSA) is 66.8 Å². The average Bonchev–Trinajstić information content (AvgIpc) is 3.09. The van der Waals surface area contributed by atoms with Crippen molar-refractivity contribution in [2.24, 2.45) is 0 Å². The minimum Gasteiger partial charge on any atom is -0.507 e. The molecule has 1 saturated heterocycles. The van der Waals surface area contributed by atoms with E-state index in [1.807, 2.05) is 49.4 Å². The minimum absolute atomic E-state index is 0.0413. The van der Waals surface area contributed by atoms with Gasteiger partial charge in [0.2, 0.25) is 0 Å². The van der Waals surface area contributed by atoms with Gasteiger partial charge in [0.25, 0.3) is 11.7 Å². The molecule has 1 aliphatic rings. The lowest BCUT2D eigenvalue weighted by Gasteiger charge is -2.26. The van der Waals surface area contributed by atoms with Gasteiger partial charge in [-0.3, -0.25) is 14.5 Å². The second-order valence-electron chi connectivity index (χ2n) is 9.56. The molecule has 0 aromatic heterocycles. The summed E-state index contributed by atoms with van der Waals surface area (Å²) in [5, 5.41) is 11.3. The van der Waals surface area contributed by atoms with Crippen LogP contribution in [-0.4, -0.2) is 23.9 Å². The average molecular weight is 456 g/mol. The van der Waals surface area contributed by atoms with Crippen molar-refractivity contribution in [1.82, 2.24) is 0 Å². The van der Waals surface area contributed by atoms with Gasteiger partial charge in [-0.2, -0.15) is 0 Å². The molecule has 3 aromatic carbocycles. The minimum atomic E-state index is -0.751. The SMILES string of the molecule is COc1ccc(/C(O)=C2/C(=O)C(=O)N(c3ccccc3)C2c2ccc(C(C)(C)C)cc2)cc1C. The zero-order chi connectivity index (χ0) is 24.6. The fraction of sp³-hybridized carbons (Fsp3) is 0.241. The molecule has 0 aliphatic carbocycles. The number of aliphatic hydroxyl groups excluding tert-OH is 1. The van der Waals surface area contributed by atoms with Crippen LogP contribution in [0.4, 0.5) is 5.69 Å². The predicted octanol–water partition coefficient (Wildman–Crippen LogP) is 5.93. The Morgan fingerprint density at radius 3 is 2.15 bits per heavy atom. The van der Waals surface area contributed by atoms with E-state index in [1.165, 1.54) is 4.90 Å².